The third kappa shape index (κ3) is 9.06. The van der Waals surface area contributed by atoms with Crippen LogP contribution in [-0.2, 0) is 25.5 Å². The summed E-state index contributed by atoms with van der Waals surface area (Å²) < 4.78 is 5.34. The van der Waals surface area contributed by atoms with Gasteiger partial charge in [-0.15, -0.1) is 0 Å². The zero-order valence-electron chi connectivity index (χ0n) is 25.1. The van der Waals surface area contributed by atoms with Crippen molar-refractivity contribution in [2.45, 2.75) is 78.0 Å². The number of hydrogen-bond donors (Lipinski definition) is 3. The minimum absolute atomic E-state index is 0.214. The van der Waals surface area contributed by atoms with Crippen LogP contribution < -0.4 is 16.4 Å². The smallest absolute Gasteiger partial charge is 0.408 e. The van der Waals surface area contributed by atoms with Gasteiger partial charge in [-0.2, -0.15) is 0 Å². The number of nitrogens with one attached hydrogen (secondary N) is 2. The van der Waals surface area contributed by atoms with E-state index < -0.39 is 47.9 Å². The lowest BCUT2D eigenvalue weighted by Gasteiger charge is -2.34. The molecule has 0 aliphatic carbocycles. The highest BCUT2D eigenvalue weighted by Gasteiger charge is 2.36. The second-order valence-electron chi connectivity index (χ2n) is 11.3. The van der Waals surface area contributed by atoms with E-state index in [0.29, 0.717) is 17.7 Å². The largest absolute Gasteiger partial charge is 0.444 e. The number of nitrogens with zero attached hydrogens (tertiary/aromatic N) is 1. The quantitative estimate of drug-likeness (QED) is 0.264. The summed E-state index contributed by atoms with van der Waals surface area (Å²) in [5.74, 6) is -1.80. The van der Waals surface area contributed by atoms with Gasteiger partial charge in [-0.25, -0.2) is 4.79 Å². The third-order valence-electron chi connectivity index (χ3n) is 6.71. The van der Waals surface area contributed by atoms with Crippen LogP contribution in [0, 0.1) is 0 Å². The van der Waals surface area contributed by atoms with Crippen molar-refractivity contribution < 1.29 is 23.9 Å². The Kier molecular flexibility index (Phi) is 11.1. The van der Waals surface area contributed by atoms with E-state index in [2.05, 4.69) is 10.6 Å². The standard InChI is InChI=1S/C33H42N4O5/c1-6-8-19-37(31(40)27(21-28(34)38)36-32(41)42-33(3,4)5)29(24-15-13-22(7-2)14-16-24)30(39)35-26-18-17-23-11-9-10-12-25(23)20-26/h9-18,20,27,29H,6-8,19,21H2,1-5H3,(H2,34,38)(H,35,39)(H,36,41). The predicted molar refractivity (Wildman–Crippen MR) is 165 cm³/mol. The van der Waals surface area contributed by atoms with Gasteiger partial charge >= 0.3 is 6.09 Å². The van der Waals surface area contributed by atoms with Crippen molar-refractivity contribution in [2.75, 3.05) is 11.9 Å². The van der Waals surface area contributed by atoms with Crippen LogP contribution in [0.15, 0.2) is 66.7 Å². The molecule has 0 radical (unpaired) electrons. The van der Waals surface area contributed by atoms with Crippen molar-refractivity contribution in [1.82, 2.24) is 10.2 Å². The zero-order valence-corrected chi connectivity index (χ0v) is 25.1. The number of aryl methyl sites for hydroxylation is 1. The van der Waals surface area contributed by atoms with Crippen LogP contribution in [0.2, 0.25) is 0 Å². The lowest BCUT2D eigenvalue weighted by molar-refractivity contribution is -0.142. The van der Waals surface area contributed by atoms with Crippen LogP contribution in [0.25, 0.3) is 10.8 Å². The molecular formula is C33H42N4O5. The SMILES string of the molecule is CCCCN(C(=O)C(CC(N)=O)NC(=O)OC(C)(C)C)C(C(=O)Nc1ccc2ccccc2c1)c1ccc(CC)cc1. The fraction of sp³-hybridized carbons (Fsp3) is 0.394. The van der Waals surface area contributed by atoms with Crippen molar-refractivity contribution in [3.63, 3.8) is 0 Å². The predicted octanol–water partition coefficient (Wildman–Crippen LogP) is 5.48. The molecule has 0 fully saturated rings. The van der Waals surface area contributed by atoms with Gasteiger partial charge in [0, 0.05) is 12.2 Å². The summed E-state index contributed by atoms with van der Waals surface area (Å²) in [5, 5.41) is 7.49. The second kappa shape index (κ2) is 14.5. The molecule has 3 aromatic rings. The first kappa shape index (κ1) is 32.1. The Balaban J connectivity index is 2.03. The molecule has 3 rings (SSSR count). The Morgan fingerprint density at radius 1 is 0.929 bits per heavy atom. The van der Waals surface area contributed by atoms with Gasteiger partial charge in [0.1, 0.15) is 17.7 Å². The molecule has 0 aromatic heterocycles. The lowest BCUT2D eigenvalue weighted by Crippen LogP contribution is -2.53. The van der Waals surface area contributed by atoms with Gasteiger partial charge in [0.05, 0.1) is 6.42 Å². The first-order chi connectivity index (χ1) is 19.9. The summed E-state index contributed by atoms with van der Waals surface area (Å²) in [5.41, 5.74) is 6.92. The molecule has 0 spiro atoms. The maximum Gasteiger partial charge on any atom is 0.408 e. The third-order valence-corrected chi connectivity index (χ3v) is 6.71. The summed E-state index contributed by atoms with van der Waals surface area (Å²) in [7, 11) is 0. The van der Waals surface area contributed by atoms with Gasteiger partial charge in [-0.05, 0) is 67.6 Å². The lowest BCUT2D eigenvalue weighted by atomic mass is 9.99. The molecule has 42 heavy (non-hydrogen) atoms. The van der Waals surface area contributed by atoms with Crippen LogP contribution in [0.1, 0.15) is 71.0 Å². The second-order valence-corrected chi connectivity index (χ2v) is 11.3. The molecule has 0 aliphatic rings. The number of nitrogens with two attached hydrogens (primary N) is 1. The van der Waals surface area contributed by atoms with Crippen LogP contribution in [-0.4, -0.2) is 46.9 Å². The van der Waals surface area contributed by atoms with Gasteiger partial charge in [-0.3, -0.25) is 14.4 Å². The molecule has 0 saturated heterocycles. The van der Waals surface area contributed by atoms with Crippen molar-refractivity contribution in [3.05, 3.63) is 77.9 Å². The molecule has 0 saturated carbocycles. The number of benzene rings is 3. The van der Waals surface area contributed by atoms with Crippen LogP contribution in [0.3, 0.4) is 0 Å². The molecule has 0 bridgehead atoms. The molecule has 0 aliphatic heterocycles. The normalized spacial score (nSPS) is 12.7. The van der Waals surface area contributed by atoms with E-state index in [1.807, 2.05) is 80.6 Å². The highest BCUT2D eigenvalue weighted by atomic mass is 16.6. The molecule has 2 unspecified atom stereocenters. The Morgan fingerprint density at radius 2 is 1.60 bits per heavy atom. The number of carbonyl (C=O) groups excluding carboxylic acids is 4. The Labute approximate surface area is 247 Å². The van der Waals surface area contributed by atoms with Gasteiger partial charge in [0.2, 0.25) is 11.8 Å². The highest BCUT2D eigenvalue weighted by Crippen LogP contribution is 2.27. The average molecular weight is 575 g/mol. The fourth-order valence-electron chi connectivity index (χ4n) is 4.63. The van der Waals surface area contributed by atoms with E-state index in [1.54, 1.807) is 20.8 Å². The number of rotatable bonds is 12. The number of unbranched alkanes of at least 4 members (excludes halogenated alkanes) is 1. The molecule has 224 valence electrons. The van der Waals surface area contributed by atoms with E-state index in [0.717, 1.165) is 29.2 Å². The number of anilines is 1. The molecule has 9 heteroatoms. The number of fused-ring (bicyclic) bond motifs is 1. The number of primary amides is 1. The maximum atomic E-state index is 14.1. The summed E-state index contributed by atoms with van der Waals surface area (Å²) in [6.45, 7) is 9.30. The first-order valence-corrected chi connectivity index (χ1v) is 14.4. The van der Waals surface area contributed by atoms with E-state index in [4.69, 9.17) is 10.5 Å². The van der Waals surface area contributed by atoms with E-state index in [-0.39, 0.29) is 6.54 Å². The molecule has 0 heterocycles. The number of carbonyl (C=O) groups is 4. The number of hydrogen-bond acceptors (Lipinski definition) is 5. The van der Waals surface area contributed by atoms with Crippen LogP contribution in [0.5, 0.6) is 0 Å². The van der Waals surface area contributed by atoms with E-state index >= 15 is 0 Å². The minimum Gasteiger partial charge on any atom is -0.444 e. The molecule has 3 aromatic carbocycles. The van der Waals surface area contributed by atoms with Crippen molar-refractivity contribution in [3.8, 4) is 0 Å². The molecular weight excluding hydrogens is 532 g/mol. The average Bonchev–Trinajstić information content (AvgIpc) is 2.93. The Hall–Kier alpha value is -4.40. The number of ether oxygens (including phenoxy) is 1. The summed E-state index contributed by atoms with van der Waals surface area (Å²) in [6.07, 6.45) is 0.843. The number of alkyl carbamates (subject to hydrolysis) is 1. The van der Waals surface area contributed by atoms with Crippen molar-refractivity contribution in [2.24, 2.45) is 5.73 Å². The van der Waals surface area contributed by atoms with Crippen molar-refractivity contribution >= 4 is 40.3 Å². The monoisotopic (exact) mass is 574 g/mol. The molecule has 2 atom stereocenters. The maximum absolute atomic E-state index is 14.1. The zero-order chi connectivity index (χ0) is 30.9. The van der Waals surface area contributed by atoms with E-state index in [9.17, 15) is 19.2 Å². The molecule has 4 amide bonds. The van der Waals surface area contributed by atoms with Gasteiger partial charge < -0.3 is 26.0 Å². The molecule has 4 N–H and O–H groups in total. The van der Waals surface area contributed by atoms with Crippen LogP contribution in [0.4, 0.5) is 10.5 Å². The van der Waals surface area contributed by atoms with Crippen LogP contribution >= 0.6 is 0 Å². The first-order valence-electron chi connectivity index (χ1n) is 14.4. The topological polar surface area (TPSA) is 131 Å². The Morgan fingerprint density at radius 3 is 2.19 bits per heavy atom. The summed E-state index contributed by atoms with van der Waals surface area (Å²) in [4.78, 5) is 54.2. The van der Waals surface area contributed by atoms with Crippen molar-refractivity contribution in [1.29, 1.82) is 0 Å². The van der Waals surface area contributed by atoms with Gasteiger partial charge in [0.15, 0.2) is 0 Å². The summed E-state index contributed by atoms with van der Waals surface area (Å²) in [6, 6.07) is 18.6. The Bertz CT molecular complexity index is 1400. The van der Waals surface area contributed by atoms with E-state index in [1.165, 1.54) is 4.90 Å². The summed E-state index contributed by atoms with van der Waals surface area (Å²) >= 11 is 0. The molecule has 9 nitrogen and oxygen atoms in total. The fourth-order valence-corrected chi connectivity index (χ4v) is 4.63. The van der Waals surface area contributed by atoms with Gasteiger partial charge in [0.25, 0.3) is 5.91 Å². The highest BCUT2D eigenvalue weighted by molar-refractivity contribution is 6.01. The number of amides is 4. The van der Waals surface area contributed by atoms with Gasteiger partial charge in [-0.1, -0.05) is 74.9 Å². The minimum atomic E-state index is -1.32.